The van der Waals surface area contributed by atoms with E-state index in [-0.39, 0.29) is 16.3 Å². The van der Waals surface area contributed by atoms with Crippen molar-refractivity contribution < 1.29 is 18.0 Å². The number of aromatic nitrogens is 2. The summed E-state index contributed by atoms with van der Waals surface area (Å²) >= 11 is 0. The van der Waals surface area contributed by atoms with Crippen molar-refractivity contribution in [2.24, 2.45) is 0 Å². The number of hydrogen-bond donors (Lipinski definition) is 0. The summed E-state index contributed by atoms with van der Waals surface area (Å²) < 4.78 is 40.8. The zero-order valence-electron chi connectivity index (χ0n) is 13.6. The first kappa shape index (κ1) is 16.3. The Kier molecular flexibility index (Phi) is 3.10. The SMILES string of the molecule is Cc1c2c(=O)n3c(C(=O)C(F)(F)F)ccc3c(C)c2c(=O)n2cccc12. The molecule has 0 aliphatic carbocycles. The van der Waals surface area contributed by atoms with Crippen molar-refractivity contribution in [2.75, 3.05) is 0 Å². The predicted molar refractivity (Wildman–Crippen MR) is 89.4 cm³/mol. The van der Waals surface area contributed by atoms with E-state index < -0.39 is 28.8 Å². The van der Waals surface area contributed by atoms with E-state index in [1.54, 1.807) is 32.2 Å². The van der Waals surface area contributed by atoms with Gasteiger partial charge >= 0.3 is 6.18 Å². The first-order valence-corrected chi connectivity index (χ1v) is 7.67. The lowest BCUT2D eigenvalue weighted by Gasteiger charge is -2.11. The normalized spacial score (nSPS) is 12.5. The van der Waals surface area contributed by atoms with Gasteiger partial charge in [0.05, 0.1) is 21.8 Å². The molecule has 0 fully saturated rings. The van der Waals surface area contributed by atoms with E-state index in [9.17, 15) is 27.6 Å². The van der Waals surface area contributed by atoms with Crippen LogP contribution in [0.1, 0.15) is 21.6 Å². The first-order chi connectivity index (χ1) is 12.1. The number of ketones is 1. The van der Waals surface area contributed by atoms with Crippen molar-refractivity contribution in [3.63, 3.8) is 0 Å². The third-order valence-corrected chi connectivity index (χ3v) is 4.74. The molecule has 0 aliphatic rings. The fraction of sp³-hybridized carbons (Fsp3) is 0.167. The maximum Gasteiger partial charge on any atom is 0.456 e. The zero-order valence-corrected chi connectivity index (χ0v) is 13.6. The maximum atomic E-state index is 13.0. The van der Waals surface area contributed by atoms with Gasteiger partial charge in [0, 0.05) is 6.20 Å². The molecule has 4 rings (SSSR count). The molecule has 0 amide bonds. The summed E-state index contributed by atoms with van der Waals surface area (Å²) in [6, 6.07) is 5.51. The summed E-state index contributed by atoms with van der Waals surface area (Å²) in [4.78, 5) is 37.5. The molecular weight excluding hydrogens is 349 g/mol. The van der Waals surface area contributed by atoms with Gasteiger partial charge in [-0.3, -0.25) is 23.2 Å². The molecule has 5 nitrogen and oxygen atoms in total. The van der Waals surface area contributed by atoms with Crippen LogP contribution in [-0.4, -0.2) is 20.8 Å². The molecule has 132 valence electrons. The quantitative estimate of drug-likeness (QED) is 0.491. The Bertz CT molecular complexity index is 1350. The second-order valence-corrected chi connectivity index (χ2v) is 6.14. The number of aryl methyl sites for hydroxylation is 2. The van der Waals surface area contributed by atoms with Crippen LogP contribution in [0.15, 0.2) is 40.1 Å². The molecule has 0 saturated heterocycles. The second-order valence-electron chi connectivity index (χ2n) is 6.14. The fourth-order valence-electron chi connectivity index (χ4n) is 3.53. The van der Waals surface area contributed by atoms with E-state index in [1.165, 1.54) is 10.5 Å². The molecule has 0 saturated carbocycles. The number of pyridine rings is 2. The minimum absolute atomic E-state index is 0.0265. The number of nitrogens with zero attached hydrogens (tertiary/aromatic N) is 2. The van der Waals surface area contributed by atoms with Crippen LogP contribution in [0.25, 0.3) is 21.8 Å². The molecule has 4 aromatic heterocycles. The van der Waals surface area contributed by atoms with E-state index in [1.807, 2.05) is 0 Å². The predicted octanol–water partition coefficient (Wildman–Crippen LogP) is 2.87. The van der Waals surface area contributed by atoms with Crippen molar-refractivity contribution in [2.45, 2.75) is 20.0 Å². The molecule has 0 N–H and O–H groups in total. The molecule has 4 heterocycles. The Morgan fingerprint density at radius 3 is 2.19 bits per heavy atom. The summed E-state index contributed by atoms with van der Waals surface area (Å²) in [6.45, 7) is 3.17. The van der Waals surface area contributed by atoms with Crippen LogP contribution in [0.5, 0.6) is 0 Å². The van der Waals surface area contributed by atoms with Crippen molar-refractivity contribution in [3.8, 4) is 0 Å². The highest BCUT2D eigenvalue weighted by molar-refractivity contribution is 6.02. The van der Waals surface area contributed by atoms with Gasteiger partial charge in [-0.1, -0.05) is 0 Å². The van der Waals surface area contributed by atoms with Gasteiger partial charge < -0.3 is 0 Å². The smallest absolute Gasteiger partial charge is 0.283 e. The van der Waals surface area contributed by atoms with Crippen LogP contribution < -0.4 is 11.1 Å². The Hall–Kier alpha value is -3.16. The minimum atomic E-state index is -5.10. The van der Waals surface area contributed by atoms with Gasteiger partial charge in [0.2, 0.25) is 0 Å². The topological polar surface area (TPSA) is 60.0 Å². The Balaban J connectivity index is 2.30. The van der Waals surface area contributed by atoms with Crippen molar-refractivity contribution in [1.29, 1.82) is 0 Å². The van der Waals surface area contributed by atoms with Gasteiger partial charge in [0.25, 0.3) is 16.9 Å². The van der Waals surface area contributed by atoms with Gasteiger partial charge in [0.1, 0.15) is 5.69 Å². The molecule has 0 unspecified atom stereocenters. The lowest BCUT2D eigenvalue weighted by atomic mass is 10.0. The van der Waals surface area contributed by atoms with Crippen molar-refractivity contribution >= 4 is 27.6 Å². The molecule has 0 bridgehead atoms. The number of hydrogen-bond acceptors (Lipinski definition) is 3. The summed E-state index contributed by atoms with van der Waals surface area (Å²) in [7, 11) is 0. The van der Waals surface area contributed by atoms with Gasteiger partial charge in [-0.05, 0) is 49.2 Å². The Morgan fingerprint density at radius 2 is 1.54 bits per heavy atom. The summed E-state index contributed by atoms with van der Waals surface area (Å²) in [5, 5.41) is 0.173. The Morgan fingerprint density at radius 1 is 0.923 bits per heavy atom. The van der Waals surface area contributed by atoms with Gasteiger partial charge in [-0.15, -0.1) is 0 Å². The molecule has 26 heavy (non-hydrogen) atoms. The lowest BCUT2D eigenvalue weighted by molar-refractivity contribution is -0.0888. The van der Waals surface area contributed by atoms with Crippen LogP contribution in [0.4, 0.5) is 13.2 Å². The van der Waals surface area contributed by atoms with Crippen LogP contribution in [0.3, 0.4) is 0 Å². The molecule has 8 heteroatoms. The largest absolute Gasteiger partial charge is 0.456 e. The lowest BCUT2D eigenvalue weighted by Crippen LogP contribution is -2.29. The summed E-state index contributed by atoms with van der Waals surface area (Å²) in [5.74, 6) is -2.10. The monoisotopic (exact) mass is 360 g/mol. The van der Waals surface area contributed by atoms with Gasteiger partial charge in [-0.25, -0.2) is 0 Å². The van der Waals surface area contributed by atoms with Crippen molar-refractivity contribution in [1.82, 2.24) is 8.80 Å². The first-order valence-electron chi connectivity index (χ1n) is 7.67. The fourth-order valence-corrected chi connectivity index (χ4v) is 3.53. The zero-order chi connectivity index (χ0) is 19.0. The van der Waals surface area contributed by atoms with Crippen LogP contribution >= 0.6 is 0 Å². The maximum absolute atomic E-state index is 13.0. The Labute approximate surface area is 143 Å². The number of rotatable bonds is 1. The average Bonchev–Trinajstić information content (AvgIpc) is 3.21. The van der Waals surface area contributed by atoms with E-state index in [4.69, 9.17) is 0 Å². The van der Waals surface area contributed by atoms with Crippen LogP contribution in [-0.2, 0) is 0 Å². The molecular formula is C18H11F3N2O3. The third kappa shape index (κ3) is 1.89. The molecule has 0 radical (unpaired) electrons. The highest BCUT2D eigenvalue weighted by atomic mass is 19.4. The minimum Gasteiger partial charge on any atom is -0.283 e. The molecule has 0 aromatic carbocycles. The summed E-state index contributed by atoms with van der Waals surface area (Å²) in [6.07, 6.45) is -3.54. The van der Waals surface area contributed by atoms with E-state index in [2.05, 4.69) is 0 Å². The standard InChI is InChI=1S/C18H11F3N2O3/c1-8-10-4-3-7-22(10)16(25)13-9(2)11-5-6-12(15(24)18(19,20)21)23(11)17(26)14(8)13/h3-7H,1-2H3. The molecule has 4 aromatic rings. The number of carbonyl (C=O) groups excluding carboxylic acids is 1. The van der Waals surface area contributed by atoms with E-state index in [0.717, 1.165) is 10.5 Å². The number of alkyl halides is 3. The van der Waals surface area contributed by atoms with Crippen LogP contribution in [0.2, 0.25) is 0 Å². The number of carbonyl (C=O) groups is 1. The van der Waals surface area contributed by atoms with Gasteiger partial charge in [-0.2, -0.15) is 13.2 Å². The van der Waals surface area contributed by atoms with E-state index in [0.29, 0.717) is 16.6 Å². The average molecular weight is 360 g/mol. The number of halogens is 3. The highest BCUT2D eigenvalue weighted by Crippen LogP contribution is 2.27. The van der Waals surface area contributed by atoms with Crippen molar-refractivity contribution in [3.05, 3.63) is 68.0 Å². The molecule has 0 aliphatic heterocycles. The van der Waals surface area contributed by atoms with E-state index >= 15 is 0 Å². The number of Topliss-reactive ketones (excluding diaryl/α,β-unsaturated/α-hetero) is 1. The highest BCUT2D eigenvalue weighted by Gasteiger charge is 2.41. The van der Waals surface area contributed by atoms with Gasteiger partial charge in [0.15, 0.2) is 0 Å². The molecule has 0 spiro atoms. The second kappa shape index (κ2) is 4.94. The third-order valence-electron chi connectivity index (χ3n) is 4.74. The van der Waals surface area contributed by atoms with Crippen LogP contribution in [0, 0.1) is 13.8 Å². The molecule has 0 atom stereocenters. The summed E-state index contributed by atoms with van der Waals surface area (Å²) in [5.41, 5.74) is -0.566. The number of fused-ring (bicyclic) bond motifs is 3.